The number of rotatable bonds is 5. The maximum absolute atomic E-state index is 11.5. The molecule has 0 N–H and O–H groups in total. The molecule has 0 unspecified atom stereocenters. The number of hydrogen-bond acceptors (Lipinski definition) is 3. The number of ether oxygens (including phenoxy) is 2. The van der Waals surface area contributed by atoms with Gasteiger partial charge in [-0.05, 0) is 42.8 Å². The molecule has 106 valence electrons. The van der Waals surface area contributed by atoms with E-state index >= 15 is 0 Å². The van der Waals surface area contributed by atoms with Gasteiger partial charge in [0.25, 0.3) is 0 Å². The van der Waals surface area contributed by atoms with Gasteiger partial charge in [-0.2, -0.15) is 0 Å². The summed E-state index contributed by atoms with van der Waals surface area (Å²) in [6.45, 7) is 2.57. The molecule has 0 amide bonds. The van der Waals surface area contributed by atoms with Gasteiger partial charge in [0.1, 0.15) is 12.4 Å². The molecule has 2 rings (SSSR count). The second kappa shape index (κ2) is 7.16. The van der Waals surface area contributed by atoms with Gasteiger partial charge in [-0.3, -0.25) is 0 Å². The molecule has 3 heteroatoms. The van der Waals surface area contributed by atoms with Gasteiger partial charge >= 0.3 is 5.97 Å². The molecule has 0 aromatic heterocycles. The molecule has 0 saturated heterocycles. The summed E-state index contributed by atoms with van der Waals surface area (Å²) in [5, 5.41) is 0. The van der Waals surface area contributed by atoms with Crippen molar-refractivity contribution in [3.63, 3.8) is 0 Å². The van der Waals surface area contributed by atoms with Gasteiger partial charge in [0.2, 0.25) is 0 Å². The molecule has 0 saturated carbocycles. The van der Waals surface area contributed by atoms with Crippen molar-refractivity contribution in [1.29, 1.82) is 0 Å². The molecule has 0 spiro atoms. The first-order valence-corrected chi connectivity index (χ1v) is 6.68. The van der Waals surface area contributed by atoms with Crippen molar-refractivity contribution >= 4 is 5.97 Å². The van der Waals surface area contributed by atoms with Crippen LogP contribution in [0.25, 0.3) is 0 Å². The Labute approximate surface area is 124 Å². The lowest BCUT2D eigenvalue weighted by Crippen LogP contribution is -2.04. The fourth-order valence-corrected chi connectivity index (χ4v) is 1.79. The average molecular weight is 280 g/mol. The van der Waals surface area contributed by atoms with Crippen LogP contribution in [0.1, 0.15) is 28.4 Å². The van der Waals surface area contributed by atoms with Crippen LogP contribution >= 0.6 is 0 Å². The third kappa shape index (κ3) is 4.12. The first kappa shape index (κ1) is 14.7. The molecule has 0 fully saturated rings. The van der Waals surface area contributed by atoms with Gasteiger partial charge < -0.3 is 9.47 Å². The van der Waals surface area contributed by atoms with Gasteiger partial charge in [0.15, 0.2) is 0 Å². The molecular weight excluding hydrogens is 264 g/mol. The van der Waals surface area contributed by atoms with E-state index in [0.717, 1.165) is 16.9 Å². The Morgan fingerprint density at radius 1 is 1.19 bits per heavy atom. The van der Waals surface area contributed by atoms with Crippen LogP contribution in [0.3, 0.4) is 0 Å². The SMILES string of the molecule is C#Cc1cccc(OCc2ccc(C(=O)OCC)cc2)c1. The van der Waals surface area contributed by atoms with E-state index in [9.17, 15) is 4.79 Å². The summed E-state index contributed by atoms with van der Waals surface area (Å²) >= 11 is 0. The lowest BCUT2D eigenvalue weighted by molar-refractivity contribution is 0.0526. The van der Waals surface area contributed by atoms with E-state index in [2.05, 4.69) is 5.92 Å². The van der Waals surface area contributed by atoms with Crippen LogP contribution in [0.15, 0.2) is 48.5 Å². The standard InChI is InChI=1S/C18H16O3/c1-3-14-6-5-7-17(12-14)21-13-15-8-10-16(11-9-15)18(19)20-4-2/h1,5-12H,4,13H2,2H3. The Balaban J connectivity index is 1.97. The number of hydrogen-bond donors (Lipinski definition) is 0. The molecule has 2 aromatic rings. The van der Waals surface area contributed by atoms with E-state index in [1.54, 1.807) is 19.1 Å². The van der Waals surface area contributed by atoms with Crippen LogP contribution in [0.5, 0.6) is 5.75 Å². The van der Waals surface area contributed by atoms with Crippen LogP contribution in [-0.2, 0) is 11.3 Å². The molecule has 0 bridgehead atoms. The third-order valence-corrected chi connectivity index (χ3v) is 2.87. The number of terminal acetylenes is 1. The summed E-state index contributed by atoms with van der Waals surface area (Å²) in [5.41, 5.74) is 2.29. The lowest BCUT2D eigenvalue weighted by Gasteiger charge is -2.07. The van der Waals surface area contributed by atoms with Gasteiger partial charge in [-0.1, -0.05) is 24.1 Å². The summed E-state index contributed by atoms with van der Waals surface area (Å²) in [4.78, 5) is 11.5. The number of esters is 1. The Morgan fingerprint density at radius 3 is 2.62 bits per heavy atom. The smallest absolute Gasteiger partial charge is 0.338 e. The van der Waals surface area contributed by atoms with Crippen molar-refractivity contribution in [3.8, 4) is 18.1 Å². The van der Waals surface area contributed by atoms with Crippen molar-refractivity contribution < 1.29 is 14.3 Å². The monoisotopic (exact) mass is 280 g/mol. The summed E-state index contributed by atoms with van der Waals surface area (Å²) in [7, 11) is 0. The Bertz CT molecular complexity index is 651. The van der Waals surface area contributed by atoms with E-state index < -0.39 is 0 Å². The highest BCUT2D eigenvalue weighted by Crippen LogP contribution is 2.15. The minimum atomic E-state index is -0.313. The first-order valence-electron chi connectivity index (χ1n) is 6.68. The zero-order valence-corrected chi connectivity index (χ0v) is 11.8. The van der Waals surface area contributed by atoms with Crippen molar-refractivity contribution in [2.45, 2.75) is 13.5 Å². The summed E-state index contributed by atoms with van der Waals surface area (Å²) < 4.78 is 10.6. The molecule has 0 heterocycles. The van der Waals surface area contributed by atoms with E-state index in [1.807, 2.05) is 36.4 Å². The maximum Gasteiger partial charge on any atom is 0.338 e. The highest BCUT2D eigenvalue weighted by Gasteiger charge is 2.05. The van der Waals surface area contributed by atoms with Crippen molar-refractivity contribution in [2.24, 2.45) is 0 Å². The number of carbonyl (C=O) groups excluding carboxylic acids is 1. The molecule has 0 aliphatic heterocycles. The summed E-state index contributed by atoms with van der Waals surface area (Å²) in [6.07, 6.45) is 5.35. The highest BCUT2D eigenvalue weighted by molar-refractivity contribution is 5.89. The van der Waals surface area contributed by atoms with Crippen LogP contribution in [-0.4, -0.2) is 12.6 Å². The molecule has 0 aliphatic rings. The van der Waals surface area contributed by atoms with E-state index in [4.69, 9.17) is 15.9 Å². The maximum atomic E-state index is 11.5. The molecule has 0 aliphatic carbocycles. The molecule has 2 aromatic carbocycles. The normalized spacial score (nSPS) is 9.71. The van der Waals surface area contributed by atoms with Gasteiger partial charge in [0.05, 0.1) is 12.2 Å². The van der Waals surface area contributed by atoms with Gasteiger partial charge in [-0.15, -0.1) is 6.42 Å². The quantitative estimate of drug-likeness (QED) is 0.622. The first-order chi connectivity index (χ1) is 10.2. The molecule has 0 radical (unpaired) electrons. The zero-order valence-electron chi connectivity index (χ0n) is 11.8. The van der Waals surface area contributed by atoms with E-state index in [0.29, 0.717) is 18.8 Å². The lowest BCUT2D eigenvalue weighted by atomic mass is 10.1. The fraction of sp³-hybridized carbons (Fsp3) is 0.167. The molecule has 3 nitrogen and oxygen atoms in total. The number of carbonyl (C=O) groups is 1. The summed E-state index contributed by atoms with van der Waals surface area (Å²) in [6, 6.07) is 14.5. The Morgan fingerprint density at radius 2 is 1.95 bits per heavy atom. The minimum absolute atomic E-state index is 0.313. The second-order valence-electron chi connectivity index (χ2n) is 4.38. The number of benzene rings is 2. The Hall–Kier alpha value is -2.73. The predicted molar refractivity (Wildman–Crippen MR) is 81.1 cm³/mol. The fourth-order valence-electron chi connectivity index (χ4n) is 1.79. The summed E-state index contributed by atoms with van der Waals surface area (Å²) in [5.74, 6) is 2.97. The zero-order chi connectivity index (χ0) is 15.1. The van der Waals surface area contributed by atoms with Crippen LogP contribution in [0.2, 0.25) is 0 Å². The molecule has 21 heavy (non-hydrogen) atoms. The van der Waals surface area contributed by atoms with Crippen LogP contribution in [0.4, 0.5) is 0 Å². The van der Waals surface area contributed by atoms with Gasteiger partial charge in [0, 0.05) is 5.56 Å². The third-order valence-electron chi connectivity index (χ3n) is 2.87. The van der Waals surface area contributed by atoms with Crippen molar-refractivity contribution in [3.05, 3.63) is 65.2 Å². The Kier molecular flexibility index (Phi) is 5.00. The topological polar surface area (TPSA) is 35.5 Å². The van der Waals surface area contributed by atoms with E-state index in [-0.39, 0.29) is 5.97 Å². The van der Waals surface area contributed by atoms with Crippen molar-refractivity contribution in [2.75, 3.05) is 6.61 Å². The average Bonchev–Trinajstić information content (AvgIpc) is 2.54. The van der Waals surface area contributed by atoms with Crippen LogP contribution in [0, 0.1) is 12.3 Å². The van der Waals surface area contributed by atoms with Crippen molar-refractivity contribution in [1.82, 2.24) is 0 Å². The predicted octanol–water partition coefficient (Wildman–Crippen LogP) is 3.42. The minimum Gasteiger partial charge on any atom is -0.489 e. The molecular formula is C18H16O3. The largest absolute Gasteiger partial charge is 0.489 e. The van der Waals surface area contributed by atoms with Crippen LogP contribution < -0.4 is 4.74 Å². The van der Waals surface area contributed by atoms with Gasteiger partial charge in [-0.25, -0.2) is 4.79 Å². The second-order valence-corrected chi connectivity index (χ2v) is 4.38. The molecule has 0 atom stereocenters. The highest BCUT2D eigenvalue weighted by atomic mass is 16.5. The van der Waals surface area contributed by atoms with E-state index in [1.165, 1.54) is 0 Å².